The number of nitrogens with one attached hydrogen (secondary N) is 1. The van der Waals surface area contributed by atoms with Gasteiger partial charge < -0.3 is 15.3 Å². The minimum atomic E-state index is -0.788. The molecule has 0 heterocycles. The van der Waals surface area contributed by atoms with E-state index >= 15 is 0 Å². The number of amides is 2. The minimum absolute atomic E-state index is 0.108. The van der Waals surface area contributed by atoms with Crippen LogP contribution in [0, 0.1) is 16.7 Å². The van der Waals surface area contributed by atoms with Gasteiger partial charge in [-0.2, -0.15) is 5.26 Å². The Bertz CT molecular complexity index is 411. The summed E-state index contributed by atoms with van der Waals surface area (Å²) < 4.78 is 0. The van der Waals surface area contributed by atoms with Crippen LogP contribution in [0.3, 0.4) is 0 Å². The third-order valence-corrected chi connectivity index (χ3v) is 3.81. The lowest BCUT2D eigenvalue weighted by molar-refractivity contribution is -0.137. The largest absolute Gasteiger partial charge is 0.481 e. The van der Waals surface area contributed by atoms with Gasteiger partial charge in [0.2, 0.25) is 0 Å². The van der Waals surface area contributed by atoms with Crippen LogP contribution in [0.15, 0.2) is 0 Å². The fourth-order valence-corrected chi connectivity index (χ4v) is 2.19. The quantitative estimate of drug-likeness (QED) is 0.682. The highest BCUT2D eigenvalue weighted by molar-refractivity contribution is 5.74. The molecule has 1 saturated carbocycles. The molecule has 0 radical (unpaired) electrons. The van der Waals surface area contributed by atoms with Crippen molar-refractivity contribution in [3.63, 3.8) is 0 Å². The van der Waals surface area contributed by atoms with Gasteiger partial charge >= 0.3 is 12.0 Å². The molecule has 6 heteroatoms. The van der Waals surface area contributed by atoms with Crippen LogP contribution >= 0.6 is 0 Å². The fourth-order valence-electron chi connectivity index (χ4n) is 2.19. The van der Waals surface area contributed by atoms with Crippen molar-refractivity contribution < 1.29 is 14.7 Å². The average Bonchev–Trinajstić information content (AvgIpc) is 3.21. The van der Waals surface area contributed by atoms with E-state index in [0.717, 1.165) is 19.3 Å². The molecule has 0 aromatic carbocycles. The van der Waals surface area contributed by atoms with Gasteiger partial charge in [0.15, 0.2) is 0 Å². The van der Waals surface area contributed by atoms with Gasteiger partial charge in [-0.1, -0.05) is 13.8 Å². The second kappa shape index (κ2) is 7.87. The van der Waals surface area contributed by atoms with Crippen LogP contribution in [0.5, 0.6) is 0 Å². The zero-order valence-electron chi connectivity index (χ0n) is 12.9. The summed E-state index contributed by atoms with van der Waals surface area (Å²) in [6, 6.07) is 2.25. The summed E-state index contributed by atoms with van der Waals surface area (Å²) in [4.78, 5) is 24.4. The molecule has 0 unspecified atom stereocenters. The highest BCUT2D eigenvalue weighted by Crippen LogP contribution is 2.28. The molecule has 6 nitrogen and oxygen atoms in total. The molecule has 0 aromatic rings. The topological polar surface area (TPSA) is 93.4 Å². The van der Waals surface area contributed by atoms with E-state index in [1.165, 1.54) is 0 Å². The predicted molar refractivity (Wildman–Crippen MR) is 78.6 cm³/mol. The van der Waals surface area contributed by atoms with Gasteiger partial charge in [0.1, 0.15) is 0 Å². The lowest BCUT2D eigenvalue weighted by atomic mass is 9.84. The minimum Gasteiger partial charge on any atom is -0.481 e. The Kier molecular flexibility index (Phi) is 6.47. The zero-order valence-corrected chi connectivity index (χ0v) is 12.9. The van der Waals surface area contributed by atoms with Crippen molar-refractivity contribution in [2.45, 2.75) is 58.4 Å². The van der Waals surface area contributed by atoms with Crippen LogP contribution in [-0.4, -0.2) is 41.1 Å². The smallest absolute Gasteiger partial charge is 0.317 e. The maximum Gasteiger partial charge on any atom is 0.317 e. The second-order valence-electron chi connectivity index (χ2n) is 6.37. The molecule has 1 aliphatic rings. The summed E-state index contributed by atoms with van der Waals surface area (Å²) in [5.74, 6) is -0.788. The number of rotatable bonds is 9. The number of hydrogen-bond acceptors (Lipinski definition) is 3. The lowest BCUT2D eigenvalue weighted by Crippen LogP contribution is -2.42. The van der Waals surface area contributed by atoms with Crippen LogP contribution in [0.2, 0.25) is 0 Å². The van der Waals surface area contributed by atoms with Crippen LogP contribution in [-0.2, 0) is 4.79 Å². The summed E-state index contributed by atoms with van der Waals surface area (Å²) in [6.07, 6.45) is 3.87. The first kappa shape index (κ1) is 17.3. The number of carboxylic acid groups (broad SMARTS) is 1. The number of nitrogens with zero attached hydrogens (tertiary/aromatic N) is 2. The first-order valence-electron chi connectivity index (χ1n) is 7.49. The normalized spacial score (nSPS) is 14.3. The van der Waals surface area contributed by atoms with Crippen molar-refractivity contribution >= 4 is 12.0 Å². The highest BCUT2D eigenvalue weighted by Gasteiger charge is 2.32. The maximum atomic E-state index is 12.1. The summed E-state index contributed by atoms with van der Waals surface area (Å²) in [5, 5.41) is 20.2. The lowest BCUT2D eigenvalue weighted by Gasteiger charge is -2.26. The Hall–Kier alpha value is -1.77. The third kappa shape index (κ3) is 6.98. The first-order chi connectivity index (χ1) is 9.85. The Morgan fingerprint density at radius 1 is 1.38 bits per heavy atom. The molecular formula is C15H25N3O3. The van der Waals surface area contributed by atoms with E-state index in [4.69, 9.17) is 10.4 Å². The van der Waals surface area contributed by atoms with Crippen molar-refractivity contribution in [1.29, 1.82) is 5.26 Å². The van der Waals surface area contributed by atoms with Gasteiger partial charge in [0.25, 0.3) is 0 Å². The summed E-state index contributed by atoms with van der Waals surface area (Å²) >= 11 is 0. The molecule has 0 atom stereocenters. The number of carbonyl (C=O) groups excluding carboxylic acids is 1. The molecule has 0 bridgehead atoms. The number of carbonyl (C=O) groups is 2. The van der Waals surface area contributed by atoms with Gasteiger partial charge in [0, 0.05) is 25.6 Å². The maximum absolute atomic E-state index is 12.1. The Balaban J connectivity index is 2.30. The molecule has 0 aromatic heterocycles. The van der Waals surface area contributed by atoms with Crippen LogP contribution < -0.4 is 5.32 Å². The van der Waals surface area contributed by atoms with Gasteiger partial charge in [0.05, 0.1) is 12.5 Å². The predicted octanol–water partition coefficient (Wildman–Crippen LogP) is 2.36. The number of hydrogen-bond donors (Lipinski definition) is 2. The summed E-state index contributed by atoms with van der Waals surface area (Å²) in [7, 11) is 0. The van der Waals surface area contributed by atoms with Crippen molar-refractivity contribution in [3.05, 3.63) is 0 Å². The van der Waals surface area contributed by atoms with Gasteiger partial charge in [-0.25, -0.2) is 4.79 Å². The third-order valence-electron chi connectivity index (χ3n) is 3.81. The molecule has 1 fully saturated rings. The molecular weight excluding hydrogens is 270 g/mol. The van der Waals surface area contributed by atoms with Crippen LogP contribution in [0.4, 0.5) is 4.79 Å². The molecule has 2 N–H and O–H groups in total. The summed E-state index contributed by atoms with van der Waals surface area (Å²) in [5.41, 5.74) is -0.108. The van der Waals surface area contributed by atoms with Crippen LogP contribution in [0.1, 0.15) is 52.4 Å². The van der Waals surface area contributed by atoms with Crippen molar-refractivity contribution in [3.8, 4) is 6.07 Å². The van der Waals surface area contributed by atoms with E-state index in [0.29, 0.717) is 32.0 Å². The molecule has 1 aliphatic carbocycles. The molecule has 0 saturated heterocycles. The van der Waals surface area contributed by atoms with Crippen LogP contribution in [0.25, 0.3) is 0 Å². The van der Waals surface area contributed by atoms with Crippen molar-refractivity contribution in [1.82, 2.24) is 10.2 Å². The Morgan fingerprint density at radius 3 is 2.57 bits per heavy atom. The summed E-state index contributed by atoms with van der Waals surface area (Å²) in [6.45, 7) is 5.03. The molecule has 0 aliphatic heterocycles. The Labute approximate surface area is 126 Å². The molecule has 2 amide bonds. The average molecular weight is 295 g/mol. The van der Waals surface area contributed by atoms with E-state index in [2.05, 4.69) is 11.4 Å². The van der Waals surface area contributed by atoms with E-state index in [-0.39, 0.29) is 17.9 Å². The van der Waals surface area contributed by atoms with Gasteiger partial charge in [-0.3, -0.25) is 4.79 Å². The first-order valence-corrected chi connectivity index (χ1v) is 7.49. The van der Waals surface area contributed by atoms with Gasteiger partial charge in [-0.15, -0.1) is 0 Å². The number of aliphatic carboxylic acids is 1. The van der Waals surface area contributed by atoms with E-state index < -0.39 is 5.97 Å². The second-order valence-corrected chi connectivity index (χ2v) is 6.37. The number of nitriles is 1. The SMILES string of the molecule is CC(C)(CCNC(=O)N(CCC#N)C1CC1)CCC(=O)O. The highest BCUT2D eigenvalue weighted by atomic mass is 16.4. The molecule has 0 spiro atoms. The zero-order chi connectivity index (χ0) is 15.9. The fraction of sp³-hybridized carbons (Fsp3) is 0.800. The molecule has 118 valence electrons. The Morgan fingerprint density at radius 2 is 2.05 bits per heavy atom. The van der Waals surface area contributed by atoms with Gasteiger partial charge in [-0.05, 0) is 31.1 Å². The standard InChI is InChI=1S/C15H25N3O3/c1-15(2,7-6-13(19)20)8-10-17-14(21)18(11-3-9-16)12-4-5-12/h12H,3-8,10-11H2,1-2H3,(H,17,21)(H,19,20). The monoisotopic (exact) mass is 295 g/mol. The van der Waals surface area contributed by atoms with Crippen molar-refractivity contribution in [2.75, 3.05) is 13.1 Å². The number of urea groups is 1. The number of carboxylic acids is 1. The molecule has 1 rings (SSSR count). The van der Waals surface area contributed by atoms with E-state index in [1.54, 1.807) is 4.90 Å². The van der Waals surface area contributed by atoms with Crippen molar-refractivity contribution in [2.24, 2.45) is 5.41 Å². The van der Waals surface area contributed by atoms with E-state index in [1.807, 2.05) is 13.8 Å². The molecule has 21 heavy (non-hydrogen) atoms. The van der Waals surface area contributed by atoms with E-state index in [9.17, 15) is 9.59 Å².